The number of rotatable bonds is 17. The van der Waals surface area contributed by atoms with Crippen molar-refractivity contribution in [3.8, 4) is 0 Å². The zero-order valence-electron chi connectivity index (χ0n) is 24.4. The minimum atomic E-state index is -4.99. The summed E-state index contributed by atoms with van der Waals surface area (Å²) in [5, 5.41) is 36.5. The van der Waals surface area contributed by atoms with Crippen molar-refractivity contribution in [1.82, 2.24) is 0 Å². The van der Waals surface area contributed by atoms with Gasteiger partial charge >= 0.3 is 22.3 Å². The van der Waals surface area contributed by atoms with Gasteiger partial charge < -0.3 is 20.8 Å². The molecule has 22 nitrogen and oxygen atoms in total. The highest BCUT2D eigenvalue weighted by molar-refractivity contribution is 7.96. The van der Waals surface area contributed by atoms with Crippen LogP contribution in [0.2, 0.25) is 0 Å². The minimum Gasteiger partial charge on any atom is -0.478 e. The lowest BCUT2D eigenvalue weighted by atomic mass is 10.1. The van der Waals surface area contributed by atoms with E-state index in [2.05, 4.69) is 34.0 Å². The second-order valence-corrected chi connectivity index (χ2v) is 15.0. The Hall–Kier alpha value is -4.29. The van der Waals surface area contributed by atoms with E-state index in [1.165, 1.54) is 18.2 Å². The van der Waals surface area contributed by atoms with E-state index in [0.29, 0.717) is 24.1 Å². The third-order valence-electron chi connectivity index (χ3n) is 5.54. The predicted octanol–water partition coefficient (Wildman–Crippen LogP) is 3.84. The SMILES string of the molecule is Nc1cc(N)c(N=Nc2ccc(SOC(=O)CSOOO)cc2S(=O)(=O)O)c(C(=O)O)c1N=Nc1ccc(S(=O)(=O)CCOS(=O)(=O)O)cc1. The predicted molar refractivity (Wildman–Crippen MR) is 172 cm³/mol. The molecule has 0 saturated carbocycles. The van der Waals surface area contributed by atoms with E-state index in [4.69, 9.17) is 25.5 Å². The Balaban J connectivity index is 1.92. The Morgan fingerprint density at radius 3 is 2.02 bits per heavy atom. The smallest absolute Gasteiger partial charge is 0.397 e. The zero-order valence-corrected chi connectivity index (χ0v) is 28.5. The van der Waals surface area contributed by atoms with Crippen molar-refractivity contribution in [2.45, 2.75) is 14.7 Å². The molecule has 3 aromatic rings. The Kier molecular flexibility index (Phi) is 13.7. The molecule has 270 valence electrons. The van der Waals surface area contributed by atoms with E-state index in [-0.39, 0.29) is 26.9 Å². The summed E-state index contributed by atoms with van der Waals surface area (Å²) in [6.07, 6.45) is 0. The molecular formula is C23H22N6O16S5. The highest BCUT2D eigenvalue weighted by atomic mass is 32.3. The summed E-state index contributed by atoms with van der Waals surface area (Å²) in [5.74, 6) is -3.77. The van der Waals surface area contributed by atoms with Gasteiger partial charge in [-0.05, 0) is 48.5 Å². The maximum absolute atomic E-state index is 12.4. The van der Waals surface area contributed by atoms with E-state index in [1.54, 1.807) is 0 Å². The van der Waals surface area contributed by atoms with Gasteiger partial charge in [-0.3, -0.25) is 13.9 Å². The van der Waals surface area contributed by atoms with Crippen molar-refractivity contribution in [3.63, 3.8) is 0 Å². The molecule has 50 heavy (non-hydrogen) atoms. The van der Waals surface area contributed by atoms with Crippen LogP contribution >= 0.6 is 24.1 Å². The molecule has 0 atom stereocenters. The fourth-order valence-corrected chi connectivity index (χ4v) is 6.54. The van der Waals surface area contributed by atoms with Crippen LogP contribution in [0.3, 0.4) is 0 Å². The molecule has 0 aromatic heterocycles. The molecule has 0 bridgehead atoms. The number of sulfone groups is 1. The van der Waals surface area contributed by atoms with Crippen LogP contribution in [0.4, 0.5) is 34.1 Å². The third-order valence-corrected chi connectivity index (χ3v) is 9.81. The summed E-state index contributed by atoms with van der Waals surface area (Å²) in [6, 6.07) is 8.72. The first-order chi connectivity index (χ1) is 23.3. The molecule has 0 aliphatic rings. The second-order valence-electron chi connectivity index (χ2n) is 8.94. The van der Waals surface area contributed by atoms with Crippen molar-refractivity contribution in [3.05, 3.63) is 54.1 Å². The van der Waals surface area contributed by atoms with Gasteiger partial charge in [0.25, 0.3) is 10.1 Å². The molecule has 8 N–H and O–H groups in total. The molecule has 0 aliphatic carbocycles. The van der Waals surface area contributed by atoms with Crippen LogP contribution < -0.4 is 11.5 Å². The minimum absolute atomic E-state index is 0.00146. The number of azo groups is 2. The molecule has 0 spiro atoms. The summed E-state index contributed by atoms with van der Waals surface area (Å²) in [6.45, 7) is -0.852. The lowest BCUT2D eigenvalue weighted by Gasteiger charge is -2.10. The molecule has 0 heterocycles. The zero-order chi connectivity index (χ0) is 37.3. The summed E-state index contributed by atoms with van der Waals surface area (Å²) < 4.78 is 101. The number of carboxylic acids is 1. The Morgan fingerprint density at radius 1 is 0.840 bits per heavy atom. The van der Waals surface area contributed by atoms with Crippen molar-refractivity contribution in [2.24, 2.45) is 20.5 Å². The molecular weight excluding hydrogens is 777 g/mol. The van der Waals surface area contributed by atoms with Crippen LogP contribution in [0.5, 0.6) is 0 Å². The van der Waals surface area contributed by atoms with Crippen LogP contribution in [0.15, 0.2) is 83.7 Å². The van der Waals surface area contributed by atoms with Gasteiger partial charge in [-0.2, -0.15) is 21.9 Å². The van der Waals surface area contributed by atoms with Gasteiger partial charge in [0.05, 0.1) is 46.4 Å². The van der Waals surface area contributed by atoms with Gasteiger partial charge in [0.2, 0.25) is 0 Å². The number of hydrogen-bond donors (Lipinski definition) is 6. The van der Waals surface area contributed by atoms with Crippen LogP contribution in [0, 0.1) is 0 Å². The number of nitrogen functional groups attached to an aromatic ring is 2. The summed E-state index contributed by atoms with van der Waals surface area (Å²) in [7, 11) is -13.9. The van der Waals surface area contributed by atoms with E-state index < -0.39 is 87.9 Å². The van der Waals surface area contributed by atoms with Crippen LogP contribution in [-0.4, -0.2) is 74.8 Å². The maximum atomic E-state index is 12.4. The van der Waals surface area contributed by atoms with Crippen LogP contribution in [0.1, 0.15) is 10.4 Å². The first kappa shape index (κ1) is 40.1. The molecule has 0 fully saturated rings. The third kappa shape index (κ3) is 11.7. The van der Waals surface area contributed by atoms with Crippen molar-refractivity contribution in [1.29, 1.82) is 0 Å². The number of aromatic carboxylic acids is 1. The lowest BCUT2D eigenvalue weighted by molar-refractivity contribution is -0.432. The van der Waals surface area contributed by atoms with Crippen molar-refractivity contribution >= 4 is 101 Å². The topological polar surface area (TPSA) is 356 Å². The summed E-state index contributed by atoms with van der Waals surface area (Å²) in [4.78, 5) is 22.9. The number of carbonyl (C=O) groups is 2. The van der Waals surface area contributed by atoms with Crippen LogP contribution in [0.25, 0.3) is 0 Å². The number of hydrogen-bond acceptors (Lipinski definition) is 21. The second kappa shape index (κ2) is 17.1. The van der Waals surface area contributed by atoms with Gasteiger partial charge in [-0.1, -0.05) is 5.04 Å². The average Bonchev–Trinajstić information content (AvgIpc) is 3.01. The Labute approximate surface area is 290 Å². The summed E-state index contributed by atoms with van der Waals surface area (Å²) in [5.41, 5.74) is 9.01. The van der Waals surface area contributed by atoms with E-state index >= 15 is 0 Å². The maximum Gasteiger partial charge on any atom is 0.397 e. The first-order valence-corrected chi connectivity index (χ1v) is 18.8. The molecule has 0 unspecified atom stereocenters. The van der Waals surface area contributed by atoms with Gasteiger partial charge in [0, 0.05) is 16.9 Å². The summed E-state index contributed by atoms with van der Waals surface area (Å²) >= 11 is 0.777. The van der Waals surface area contributed by atoms with E-state index in [9.17, 15) is 44.5 Å². The number of nitrogens with two attached hydrogens (primary N) is 2. The average molecular weight is 799 g/mol. The van der Waals surface area contributed by atoms with Gasteiger partial charge in [0.15, 0.2) is 9.84 Å². The fraction of sp³-hybridized carbons (Fsp3) is 0.130. The number of benzene rings is 3. The van der Waals surface area contributed by atoms with Crippen molar-refractivity contribution in [2.75, 3.05) is 29.6 Å². The Bertz CT molecular complexity index is 2150. The number of carboxylic acid groups (broad SMARTS) is 1. The first-order valence-electron chi connectivity index (χ1n) is 12.6. The van der Waals surface area contributed by atoms with Gasteiger partial charge in [0.1, 0.15) is 33.3 Å². The number of nitrogens with zero attached hydrogens (tertiary/aromatic N) is 4. The quantitative estimate of drug-likeness (QED) is 0.0215. The largest absolute Gasteiger partial charge is 0.478 e. The van der Waals surface area contributed by atoms with Crippen LogP contribution in [-0.2, 0) is 52.9 Å². The number of anilines is 2. The molecule has 0 radical (unpaired) electrons. The van der Waals surface area contributed by atoms with E-state index in [0.717, 1.165) is 30.3 Å². The van der Waals surface area contributed by atoms with Gasteiger partial charge in [-0.25, -0.2) is 22.7 Å². The molecule has 27 heteroatoms. The highest BCUT2D eigenvalue weighted by Gasteiger charge is 2.24. The molecule has 3 rings (SSSR count). The molecule has 0 aliphatic heterocycles. The van der Waals surface area contributed by atoms with Gasteiger partial charge in [-0.15, -0.1) is 19.7 Å². The van der Waals surface area contributed by atoms with Crippen molar-refractivity contribution < 1.29 is 72.0 Å². The highest BCUT2D eigenvalue weighted by Crippen LogP contribution is 2.41. The molecule has 0 amide bonds. The standard InChI is InChI=1S/C23H22N6O16S5/c24-15-10-16(25)22(29-27-17-6-3-13(9-18(17)49(36,37)38)47-43-19(30)11-46-45-44-33)20(23(31)32)21(15)28-26-12-1-4-14(5-2-12)48(34,35)8-7-42-50(39,40)41/h1-6,9-10,33H,7-8,11,24-25H2,(H,31,32)(H,36,37,38)(H,39,40,41). The molecule has 3 aromatic carbocycles. The monoisotopic (exact) mass is 798 g/mol. The molecule has 0 saturated heterocycles. The number of carbonyl (C=O) groups excluding carboxylic acids is 1. The van der Waals surface area contributed by atoms with E-state index in [1.807, 2.05) is 0 Å². The lowest BCUT2D eigenvalue weighted by Crippen LogP contribution is -2.15. The Morgan fingerprint density at radius 2 is 1.46 bits per heavy atom. The normalized spacial score (nSPS) is 12.5. The fourth-order valence-electron chi connectivity index (χ4n) is 3.47.